The van der Waals surface area contributed by atoms with Crippen LogP contribution >= 0.6 is 11.3 Å². The zero-order valence-electron chi connectivity index (χ0n) is 11.8. The van der Waals surface area contributed by atoms with Gasteiger partial charge in [0.25, 0.3) is 0 Å². The Morgan fingerprint density at radius 3 is 2.67 bits per heavy atom. The van der Waals surface area contributed by atoms with Gasteiger partial charge < -0.3 is 5.73 Å². The lowest BCUT2D eigenvalue weighted by atomic mass is 10.0. The van der Waals surface area contributed by atoms with Crippen LogP contribution in [0.3, 0.4) is 0 Å². The minimum Gasteiger partial charge on any atom is -0.327 e. The molecule has 1 fully saturated rings. The lowest BCUT2D eigenvalue weighted by molar-refractivity contribution is 0.211. The maximum Gasteiger partial charge on any atom is 0.0466 e. The van der Waals surface area contributed by atoms with Crippen molar-refractivity contribution in [2.45, 2.75) is 45.2 Å². The van der Waals surface area contributed by atoms with E-state index in [-0.39, 0.29) is 0 Å². The number of nitrogens with two attached hydrogens (primary N) is 1. The second kappa shape index (κ2) is 6.18. The van der Waals surface area contributed by atoms with E-state index >= 15 is 0 Å². The maximum absolute atomic E-state index is 6.15. The molecule has 1 saturated carbocycles. The molecule has 1 aliphatic carbocycles. The van der Waals surface area contributed by atoms with Gasteiger partial charge in [-0.1, -0.05) is 19.9 Å². The van der Waals surface area contributed by atoms with Crippen LogP contribution in [0.25, 0.3) is 0 Å². The van der Waals surface area contributed by atoms with Crippen molar-refractivity contribution >= 4 is 11.3 Å². The molecule has 0 radical (unpaired) electrons. The summed E-state index contributed by atoms with van der Waals surface area (Å²) >= 11 is 1.90. The van der Waals surface area contributed by atoms with Crippen molar-refractivity contribution in [1.82, 2.24) is 4.90 Å². The summed E-state index contributed by atoms with van der Waals surface area (Å²) in [6, 6.07) is 5.41. The summed E-state index contributed by atoms with van der Waals surface area (Å²) in [7, 11) is 2.26. The summed E-state index contributed by atoms with van der Waals surface area (Å²) in [5.74, 6) is 1.46. The maximum atomic E-state index is 6.15. The van der Waals surface area contributed by atoms with Crippen molar-refractivity contribution < 1.29 is 0 Å². The number of hydrogen-bond donors (Lipinski definition) is 1. The van der Waals surface area contributed by atoms with Gasteiger partial charge in [-0.25, -0.2) is 0 Å². The third-order valence-electron chi connectivity index (χ3n) is 4.05. The highest BCUT2D eigenvalue weighted by Crippen LogP contribution is 2.45. The van der Waals surface area contributed by atoms with Crippen LogP contribution in [-0.2, 0) is 0 Å². The monoisotopic (exact) mass is 266 g/mol. The summed E-state index contributed by atoms with van der Waals surface area (Å²) < 4.78 is 0. The quantitative estimate of drug-likeness (QED) is 0.818. The Morgan fingerprint density at radius 1 is 1.44 bits per heavy atom. The summed E-state index contributed by atoms with van der Waals surface area (Å²) in [4.78, 5) is 4.05. The molecule has 1 aliphatic rings. The Hall–Kier alpha value is -0.380. The molecule has 1 aromatic heterocycles. The molecule has 0 aliphatic heterocycles. The average molecular weight is 266 g/mol. The molecule has 2 rings (SSSR count). The first-order valence-corrected chi connectivity index (χ1v) is 7.96. The summed E-state index contributed by atoms with van der Waals surface area (Å²) in [5.41, 5.74) is 6.15. The number of rotatable bonds is 7. The van der Waals surface area contributed by atoms with Crippen LogP contribution in [0.2, 0.25) is 0 Å². The Labute approximate surface area is 115 Å². The fourth-order valence-corrected chi connectivity index (χ4v) is 3.49. The van der Waals surface area contributed by atoms with Crippen LogP contribution in [0.5, 0.6) is 0 Å². The van der Waals surface area contributed by atoms with Gasteiger partial charge in [0.05, 0.1) is 0 Å². The summed E-state index contributed by atoms with van der Waals surface area (Å²) in [6.45, 7) is 5.53. The molecule has 102 valence electrons. The highest BCUT2D eigenvalue weighted by Gasteiger charge is 2.35. The highest BCUT2D eigenvalue weighted by atomic mass is 32.1. The van der Waals surface area contributed by atoms with E-state index in [1.165, 1.54) is 17.7 Å². The van der Waals surface area contributed by atoms with Crippen LogP contribution < -0.4 is 5.73 Å². The minimum atomic E-state index is 0.329. The molecular formula is C15H26N2S. The predicted molar refractivity (Wildman–Crippen MR) is 79.8 cm³/mol. The Morgan fingerprint density at radius 2 is 2.17 bits per heavy atom. The average Bonchev–Trinajstić information content (AvgIpc) is 3.01. The van der Waals surface area contributed by atoms with Crippen LogP contribution in [0, 0.1) is 11.8 Å². The molecular weight excluding hydrogens is 240 g/mol. The normalized spacial score (nSPS) is 19.4. The molecule has 3 heteroatoms. The van der Waals surface area contributed by atoms with E-state index < -0.39 is 0 Å². The topological polar surface area (TPSA) is 29.3 Å². The van der Waals surface area contributed by atoms with Gasteiger partial charge in [-0.15, -0.1) is 11.3 Å². The van der Waals surface area contributed by atoms with E-state index in [0.29, 0.717) is 18.0 Å². The first kappa shape index (κ1) is 14.0. The van der Waals surface area contributed by atoms with Gasteiger partial charge in [0.2, 0.25) is 0 Å². The van der Waals surface area contributed by atoms with Crippen molar-refractivity contribution in [1.29, 1.82) is 0 Å². The van der Waals surface area contributed by atoms with Crippen molar-refractivity contribution in [3.63, 3.8) is 0 Å². The second-order valence-corrected chi connectivity index (χ2v) is 6.95. The fourth-order valence-electron chi connectivity index (χ4n) is 2.51. The van der Waals surface area contributed by atoms with E-state index in [4.69, 9.17) is 5.73 Å². The van der Waals surface area contributed by atoms with Crippen LogP contribution in [0.4, 0.5) is 0 Å². The lowest BCUT2D eigenvalue weighted by Crippen LogP contribution is -2.34. The van der Waals surface area contributed by atoms with Gasteiger partial charge in [-0.2, -0.15) is 0 Å². The molecule has 0 saturated heterocycles. The molecule has 1 aromatic rings. The molecule has 2 unspecified atom stereocenters. The third kappa shape index (κ3) is 3.56. The van der Waals surface area contributed by atoms with E-state index in [2.05, 4.69) is 43.3 Å². The molecule has 2 atom stereocenters. The van der Waals surface area contributed by atoms with E-state index in [1.807, 2.05) is 11.3 Å². The van der Waals surface area contributed by atoms with E-state index in [1.54, 1.807) is 0 Å². The standard InChI is InChI=1S/C15H26N2S/c1-11(2)13(16)8-9-17(3)15(12-6-7-12)14-5-4-10-18-14/h4-5,10-13,15H,6-9,16H2,1-3H3. The van der Waals surface area contributed by atoms with Gasteiger partial charge in [0, 0.05) is 17.0 Å². The molecule has 1 heterocycles. The fraction of sp³-hybridized carbons (Fsp3) is 0.733. The molecule has 0 spiro atoms. The van der Waals surface area contributed by atoms with E-state index in [9.17, 15) is 0 Å². The molecule has 2 N–H and O–H groups in total. The van der Waals surface area contributed by atoms with Crippen LogP contribution in [0.1, 0.15) is 44.0 Å². The predicted octanol–water partition coefficient (Wildman–Crippen LogP) is 3.50. The Balaban J connectivity index is 1.91. The summed E-state index contributed by atoms with van der Waals surface area (Å²) in [6.07, 6.45) is 3.88. The lowest BCUT2D eigenvalue weighted by Gasteiger charge is -2.29. The zero-order valence-corrected chi connectivity index (χ0v) is 12.6. The SMILES string of the molecule is CC(C)C(N)CCN(C)C(c1cccs1)C1CC1. The molecule has 2 nitrogen and oxygen atoms in total. The van der Waals surface area contributed by atoms with E-state index in [0.717, 1.165) is 18.9 Å². The van der Waals surface area contributed by atoms with Crippen LogP contribution in [0.15, 0.2) is 17.5 Å². The highest BCUT2D eigenvalue weighted by molar-refractivity contribution is 7.10. The molecule has 0 aromatic carbocycles. The van der Waals surface area contributed by atoms with Crippen molar-refractivity contribution in [2.75, 3.05) is 13.6 Å². The number of hydrogen-bond acceptors (Lipinski definition) is 3. The molecule has 18 heavy (non-hydrogen) atoms. The first-order chi connectivity index (χ1) is 8.59. The molecule has 0 bridgehead atoms. The van der Waals surface area contributed by atoms with Gasteiger partial charge >= 0.3 is 0 Å². The van der Waals surface area contributed by atoms with Crippen molar-refractivity contribution in [3.8, 4) is 0 Å². The number of nitrogens with zero attached hydrogens (tertiary/aromatic N) is 1. The smallest absolute Gasteiger partial charge is 0.0466 e. The minimum absolute atomic E-state index is 0.329. The Kier molecular flexibility index (Phi) is 4.82. The summed E-state index contributed by atoms with van der Waals surface area (Å²) in [5, 5.41) is 2.19. The van der Waals surface area contributed by atoms with Crippen LogP contribution in [-0.4, -0.2) is 24.5 Å². The third-order valence-corrected chi connectivity index (χ3v) is 4.99. The molecule has 0 amide bonds. The zero-order chi connectivity index (χ0) is 13.1. The largest absolute Gasteiger partial charge is 0.327 e. The Bertz CT molecular complexity index is 343. The van der Waals surface area contributed by atoms with Gasteiger partial charge in [0.1, 0.15) is 0 Å². The van der Waals surface area contributed by atoms with Gasteiger partial charge in [-0.05, 0) is 56.1 Å². The second-order valence-electron chi connectivity index (χ2n) is 5.97. The van der Waals surface area contributed by atoms with Gasteiger partial charge in [0.15, 0.2) is 0 Å². The van der Waals surface area contributed by atoms with Gasteiger partial charge in [-0.3, -0.25) is 4.90 Å². The first-order valence-electron chi connectivity index (χ1n) is 7.08. The van der Waals surface area contributed by atoms with Crippen molar-refractivity contribution in [3.05, 3.63) is 22.4 Å². The number of thiophene rings is 1. The van der Waals surface area contributed by atoms with Crippen molar-refractivity contribution in [2.24, 2.45) is 17.6 Å².